The molecule has 2 heterocycles. The van der Waals surface area contributed by atoms with Crippen molar-refractivity contribution >= 4 is 23.6 Å². The molecule has 0 spiro atoms. The average molecular weight is 446 g/mol. The fourth-order valence-electron chi connectivity index (χ4n) is 4.30. The summed E-state index contributed by atoms with van der Waals surface area (Å²) in [5.41, 5.74) is 2.66. The molecule has 2 aliphatic heterocycles. The second kappa shape index (κ2) is 9.95. The number of rotatable bonds is 6. The van der Waals surface area contributed by atoms with Crippen molar-refractivity contribution in [2.75, 3.05) is 39.3 Å². The molecule has 31 heavy (non-hydrogen) atoms. The first-order chi connectivity index (χ1) is 14.6. The van der Waals surface area contributed by atoms with Crippen molar-refractivity contribution in [1.82, 2.24) is 14.7 Å². The second-order valence-corrected chi connectivity index (χ2v) is 11.4. The lowest BCUT2D eigenvalue weighted by molar-refractivity contribution is -0.136. The van der Waals surface area contributed by atoms with Crippen LogP contribution in [0.1, 0.15) is 64.5 Å². The number of benzene rings is 1. The minimum atomic E-state index is 0.0489. The van der Waals surface area contributed by atoms with Gasteiger partial charge >= 0.3 is 0 Å². The molecule has 2 atom stereocenters. The van der Waals surface area contributed by atoms with E-state index in [0.717, 1.165) is 45.7 Å². The first-order valence-electron chi connectivity index (χ1n) is 11.7. The van der Waals surface area contributed by atoms with E-state index in [4.69, 9.17) is 0 Å². The third kappa shape index (κ3) is 5.64. The molecule has 2 amide bonds. The normalized spacial score (nSPS) is 23.1. The summed E-state index contributed by atoms with van der Waals surface area (Å²) >= 11 is 1.79. The molecular formula is C25H39N3O2S. The van der Waals surface area contributed by atoms with Crippen molar-refractivity contribution in [2.45, 2.75) is 64.0 Å². The highest BCUT2D eigenvalue weighted by Gasteiger charge is 2.40. The fraction of sp³-hybridized carbons (Fsp3) is 0.680. The Morgan fingerprint density at radius 2 is 1.68 bits per heavy atom. The Labute approximate surface area is 192 Å². The summed E-state index contributed by atoms with van der Waals surface area (Å²) in [7, 11) is 0. The number of piperazine rings is 1. The van der Waals surface area contributed by atoms with Crippen molar-refractivity contribution in [2.24, 2.45) is 5.92 Å². The molecule has 0 aliphatic carbocycles. The standard InChI is InChI=1S/C25H39N3O2S/c1-7-21-23(30)28(17-14-26-12-15-27(16-13-26)22(29)18(2)3)24(31-21)19-8-10-20(11-9-19)25(4,5)6/h8-11,18,21,24H,7,12-17H2,1-6H3/t21-,24-/m0/s1. The smallest absolute Gasteiger partial charge is 0.236 e. The molecule has 0 aromatic heterocycles. The molecule has 6 heteroatoms. The highest BCUT2D eigenvalue weighted by molar-refractivity contribution is 8.01. The Bertz CT molecular complexity index is 764. The first kappa shape index (κ1) is 24.1. The summed E-state index contributed by atoms with van der Waals surface area (Å²) in [6, 6.07) is 8.82. The van der Waals surface area contributed by atoms with E-state index in [1.165, 1.54) is 11.1 Å². The van der Waals surface area contributed by atoms with Crippen LogP contribution in [0.4, 0.5) is 0 Å². The minimum absolute atomic E-state index is 0.0489. The van der Waals surface area contributed by atoms with Gasteiger partial charge < -0.3 is 9.80 Å². The molecular weight excluding hydrogens is 406 g/mol. The van der Waals surface area contributed by atoms with Gasteiger partial charge in [0.2, 0.25) is 11.8 Å². The molecule has 0 radical (unpaired) electrons. The van der Waals surface area contributed by atoms with Crippen molar-refractivity contribution < 1.29 is 9.59 Å². The molecule has 2 aliphatic rings. The van der Waals surface area contributed by atoms with Crippen LogP contribution in [-0.2, 0) is 15.0 Å². The summed E-state index contributed by atoms with van der Waals surface area (Å²) in [6.45, 7) is 17.7. The molecule has 2 saturated heterocycles. The van der Waals surface area contributed by atoms with E-state index in [0.29, 0.717) is 0 Å². The van der Waals surface area contributed by atoms with Gasteiger partial charge in [0.1, 0.15) is 5.37 Å². The van der Waals surface area contributed by atoms with Crippen LogP contribution in [0.5, 0.6) is 0 Å². The van der Waals surface area contributed by atoms with Gasteiger partial charge in [-0.3, -0.25) is 14.5 Å². The van der Waals surface area contributed by atoms with Gasteiger partial charge in [-0.1, -0.05) is 65.8 Å². The topological polar surface area (TPSA) is 43.9 Å². The maximum absolute atomic E-state index is 13.1. The zero-order chi connectivity index (χ0) is 22.8. The van der Waals surface area contributed by atoms with Gasteiger partial charge in [-0.15, -0.1) is 11.8 Å². The predicted molar refractivity (Wildman–Crippen MR) is 129 cm³/mol. The van der Waals surface area contributed by atoms with Crippen molar-refractivity contribution in [3.63, 3.8) is 0 Å². The molecule has 1 aromatic carbocycles. The van der Waals surface area contributed by atoms with Crippen molar-refractivity contribution in [3.05, 3.63) is 35.4 Å². The van der Waals surface area contributed by atoms with Crippen molar-refractivity contribution in [1.29, 1.82) is 0 Å². The Kier molecular flexibility index (Phi) is 7.74. The van der Waals surface area contributed by atoms with E-state index in [1.54, 1.807) is 11.8 Å². The van der Waals surface area contributed by atoms with Gasteiger partial charge in [-0.05, 0) is 23.0 Å². The van der Waals surface area contributed by atoms with Crippen LogP contribution in [0.15, 0.2) is 24.3 Å². The van der Waals surface area contributed by atoms with Gasteiger partial charge in [0, 0.05) is 45.2 Å². The van der Waals surface area contributed by atoms with Gasteiger partial charge in [-0.2, -0.15) is 0 Å². The molecule has 0 saturated carbocycles. The Morgan fingerprint density at radius 1 is 1.06 bits per heavy atom. The van der Waals surface area contributed by atoms with Crippen LogP contribution < -0.4 is 0 Å². The SMILES string of the molecule is CC[C@@H]1S[C@@H](c2ccc(C(C)(C)C)cc2)N(CCN2CCN(C(=O)C(C)C)CC2)C1=O. The Balaban J connectivity index is 1.63. The largest absolute Gasteiger partial charge is 0.340 e. The summed E-state index contributed by atoms with van der Waals surface area (Å²) in [4.78, 5) is 31.7. The van der Waals surface area contributed by atoms with Gasteiger partial charge in [0.15, 0.2) is 0 Å². The van der Waals surface area contributed by atoms with E-state index < -0.39 is 0 Å². The lowest BCUT2D eigenvalue weighted by Crippen LogP contribution is -2.51. The summed E-state index contributed by atoms with van der Waals surface area (Å²) in [6.07, 6.45) is 0.868. The van der Waals surface area contributed by atoms with Crippen LogP contribution in [0.25, 0.3) is 0 Å². The molecule has 1 aromatic rings. The molecule has 172 valence electrons. The lowest BCUT2D eigenvalue weighted by Gasteiger charge is -2.36. The minimum Gasteiger partial charge on any atom is -0.340 e. The molecule has 3 rings (SSSR count). The molecule has 5 nitrogen and oxygen atoms in total. The quantitative estimate of drug-likeness (QED) is 0.660. The van der Waals surface area contributed by atoms with E-state index in [9.17, 15) is 9.59 Å². The maximum Gasteiger partial charge on any atom is 0.236 e. The van der Waals surface area contributed by atoms with Gasteiger partial charge in [0.05, 0.1) is 5.25 Å². The first-order valence-corrected chi connectivity index (χ1v) is 12.6. The maximum atomic E-state index is 13.1. The van der Waals surface area contributed by atoms with Crippen molar-refractivity contribution in [3.8, 4) is 0 Å². The number of nitrogens with zero attached hydrogens (tertiary/aromatic N) is 3. The molecule has 0 bridgehead atoms. The number of carbonyl (C=O) groups excluding carboxylic acids is 2. The Morgan fingerprint density at radius 3 is 2.19 bits per heavy atom. The average Bonchev–Trinajstić information content (AvgIpc) is 3.07. The highest BCUT2D eigenvalue weighted by atomic mass is 32.2. The predicted octanol–water partition coefficient (Wildman–Crippen LogP) is 4.14. The van der Waals surface area contributed by atoms with Gasteiger partial charge in [-0.25, -0.2) is 0 Å². The molecule has 0 unspecified atom stereocenters. The van der Waals surface area contributed by atoms with Crippen LogP contribution in [-0.4, -0.2) is 71.0 Å². The molecule has 2 fully saturated rings. The van der Waals surface area contributed by atoms with Crippen LogP contribution in [0, 0.1) is 5.92 Å². The fourth-order valence-corrected chi connectivity index (χ4v) is 5.72. The zero-order valence-electron chi connectivity index (χ0n) is 20.1. The molecule has 0 N–H and O–H groups in total. The Hall–Kier alpha value is -1.53. The van der Waals surface area contributed by atoms with Crippen LogP contribution >= 0.6 is 11.8 Å². The second-order valence-electron chi connectivity index (χ2n) is 10.1. The number of amides is 2. The van der Waals surface area contributed by atoms with Gasteiger partial charge in [0.25, 0.3) is 0 Å². The third-order valence-corrected chi connectivity index (χ3v) is 8.05. The lowest BCUT2D eigenvalue weighted by atomic mass is 9.86. The third-order valence-electron chi connectivity index (χ3n) is 6.40. The van der Waals surface area contributed by atoms with E-state index in [2.05, 4.69) is 61.8 Å². The van der Waals surface area contributed by atoms with Crippen LogP contribution in [0.2, 0.25) is 0 Å². The summed E-state index contributed by atoms with van der Waals surface area (Å²) in [5.74, 6) is 0.573. The highest BCUT2D eigenvalue weighted by Crippen LogP contribution is 2.44. The number of hydrogen-bond donors (Lipinski definition) is 0. The number of hydrogen-bond acceptors (Lipinski definition) is 4. The summed E-state index contributed by atoms with van der Waals surface area (Å²) < 4.78 is 0. The van der Waals surface area contributed by atoms with E-state index >= 15 is 0 Å². The van der Waals surface area contributed by atoms with Crippen LogP contribution in [0.3, 0.4) is 0 Å². The monoisotopic (exact) mass is 445 g/mol. The zero-order valence-corrected chi connectivity index (χ0v) is 20.9. The number of thioether (sulfide) groups is 1. The van der Waals surface area contributed by atoms with E-state index in [1.807, 2.05) is 18.7 Å². The number of carbonyl (C=O) groups is 2. The van der Waals surface area contributed by atoms with E-state index in [-0.39, 0.29) is 33.8 Å². The summed E-state index contributed by atoms with van der Waals surface area (Å²) in [5, 5.41) is 0.142.